The van der Waals surface area contributed by atoms with Crippen molar-refractivity contribution in [2.24, 2.45) is 5.41 Å². The van der Waals surface area contributed by atoms with Crippen LogP contribution in [0.2, 0.25) is 0 Å². The third-order valence-electron chi connectivity index (χ3n) is 5.36. The molecule has 170 valence electrons. The first-order chi connectivity index (χ1) is 15.1. The summed E-state index contributed by atoms with van der Waals surface area (Å²) in [6.07, 6.45) is 18.1. The van der Waals surface area contributed by atoms with Gasteiger partial charge in [-0.25, -0.2) is 14.8 Å². The van der Waals surface area contributed by atoms with Crippen molar-refractivity contribution in [2.75, 3.05) is 0 Å². The molecule has 0 aromatic carbocycles. The molecule has 2 heterocycles. The number of fused-ring (bicyclic) bond motifs is 1. The number of H-pyrrole nitrogens is 2. The molecule has 3 rings (SSSR count). The molecule has 0 spiro atoms. The normalized spacial score (nSPS) is 17.2. The summed E-state index contributed by atoms with van der Waals surface area (Å²) < 4.78 is 0.547. The van der Waals surface area contributed by atoms with Gasteiger partial charge in [0.05, 0.1) is 12.7 Å². The Bertz CT molecular complexity index is 1160. The van der Waals surface area contributed by atoms with Gasteiger partial charge in [-0.3, -0.25) is 0 Å². The van der Waals surface area contributed by atoms with Gasteiger partial charge in [-0.2, -0.15) is 0 Å². The zero-order valence-corrected chi connectivity index (χ0v) is 20.2. The highest BCUT2D eigenvalue weighted by Crippen LogP contribution is 2.40. The fraction of sp³-hybridized carbons (Fsp3) is 0.360. The van der Waals surface area contributed by atoms with Crippen molar-refractivity contribution in [3.05, 3.63) is 76.0 Å². The minimum Gasteiger partial charge on any atom is -0.478 e. The van der Waals surface area contributed by atoms with Gasteiger partial charge in [0.1, 0.15) is 5.52 Å². The smallest absolute Gasteiger partial charge is 0.328 e. The fourth-order valence-electron chi connectivity index (χ4n) is 3.66. The fourth-order valence-corrected chi connectivity index (χ4v) is 3.87. The average molecular weight is 453 g/mol. The van der Waals surface area contributed by atoms with Crippen molar-refractivity contribution in [1.82, 2.24) is 19.9 Å². The highest BCUT2D eigenvalue weighted by molar-refractivity contribution is 7.71. The first-order valence-corrected chi connectivity index (χ1v) is 11.0. The number of nitrogens with one attached hydrogen (secondary N) is 2. The highest BCUT2D eigenvalue weighted by atomic mass is 32.1. The number of nitrogens with zero attached hydrogens (tertiary/aromatic N) is 2. The van der Waals surface area contributed by atoms with Crippen LogP contribution >= 0.6 is 12.2 Å². The lowest BCUT2D eigenvalue weighted by molar-refractivity contribution is -0.131. The van der Waals surface area contributed by atoms with Crippen LogP contribution in [0.1, 0.15) is 53.9 Å². The Kier molecular flexibility index (Phi) is 9.08. The van der Waals surface area contributed by atoms with Crippen molar-refractivity contribution in [1.29, 1.82) is 0 Å². The molecule has 32 heavy (non-hydrogen) atoms. The van der Waals surface area contributed by atoms with Gasteiger partial charge in [-0.1, -0.05) is 67.6 Å². The van der Waals surface area contributed by atoms with Gasteiger partial charge >= 0.3 is 5.97 Å². The first kappa shape index (κ1) is 25.2. The van der Waals surface area contributed by atoms with Crippen molar-refractivity contribution in [3.8, 4) is 0 Å². The van der Waals surface area contributed by atoms with Crippen LogP contribution in [0.15, 0.2) is 71.4 Å². The Hall–Kier alpha value is -3.06. The maximum absolute atomic E-state index is 10.5. The number of hydrogen-bond donors (Lipinski definition) is 3. The summed E-state index contributed by atoms with van der Waals surface area (Å²) >= 11 is 4.91. The van der Waals surface area contributed by atoms with Crippen molar-refractivity contribution < 1.29 is 9.90 Å². The molecule has 6 nitrogen and oxygen atoms in total. The Balaban J connectivity index is 0.000000297. The van der Waals surface area contributed by atoms with Gasteiger partial charge in [0.2, 0.25) is 0 Å². The van der Waals surface area contributed by atoms with Crippen molar-refractivity contribution in [2.45, 2.75) is 53.9 Å². The van der Waals surface area contributed by atoms with E-state index in [0.717, 1.165) is 22.3 Å². The van der Waals surface area contributed by atoms with Crippen LogP contribution in [0.3, 0.4) is 0 Å². The predicted molar refractivity (Wildman–Crippen MR) is 133 cm³/mol. The molecule has 0 unspecified atom stereocenters. The van der Waals surface area contributed by atoms with Crippen LogP contribution < -0.4 is 0 Å². The molecule has 0 amide bonds. The molecule has 0 saturated heterocycles. The van der Waals surface area contributed by atoms with E-state index in [4.69, 9.17) is 17.3 Å². The lowest BCUT2D eigenvalue weighted by atomic mass is 9.72. The van der Waals surface area contributed by atoms with E-state index in [0.29, 0.717) is 4.64 Å². The zero-order chi connectivity index (χ0) is 23.7. The van der Waals surface area contributed by atoms with Crippen LogP contribution in [0.25, 0.3) is 11.2 Å². The van der Waals surface area contributed by atoms with E-state index in [1.807, 2.05) is 12.2 Å². The van der Waals surface area contributed by atoms with E-state index in [1.54, 1.807) is 19.3 Å². The van der Waals surface area contributed by atoms with Crippen LogP contribution in [-0.4, -0.2) is 31.0 Å². The number of hydrogen-bond acceptors (Lipinski definition) is 4. The molecular weight excluding hydrogens is 420 g/mol. The molecule has 2 aromatic rings. The van der Waals surface area contributed by atoms with E-state index in [2.05, 4.69) is 59.8 Å². The molecule has 7 heteroatoms. The summed E-state index contributed by atoms with van der Waals surface area (Å²) in [5.41, 5.74) is 6.63. The number of aliphatic carboxylic acids is 1. The predicted octanol–water partition coefficient (Wildman–Crippen LogP) is 6.62. The Labute approximate surface area is 194 Å². The molecule has 3 N–H and O–H groups in total. The second kappa shape index (κ2) is 11.5. The second-order valence-corrected chi connectivity index (χ2v) is 8.98. The topological polar surface area (TPSA) is 94.7 Å². The number of aromatic amines is 2. The molecule has 2 aromatic heterocycles. The molecule has 1 aliphatic carbocycles. The molecule has 0 fully saturated rings. The summed E-state index contributed by atoms with van der Waals surface area (Å²) in [5.74, 6) is -0.912. The third kappa shape index (κ3) is 7.57. The van der Waals surface area contributed by atoms with Gasteiger partial charge in [-0.05, 0) is 56.6 Å². The van der Waals surface area contributed by atoms with Gasteiger partial charge in [0.25, 0.3) is 0 Å². The summed E-state index contributed by atoms with van der Waals surface area (Å²) in [5, 5.41) is 8.65. The maximum Gasteiger partial charge on any atom is 0.328 e. The number of aromatic nitrogens is 4. The Morgan fingerprint density at radius 3 is 2.53 bits per heavy atom. The number of imidazole rings is 1. The monoisotopic (exact) mass is 452 g/mol. The minimum atomic E-state index is -0.912. The van der Waals surface area contributed by atoms with Gasteiger partial charge in [0.15, 0.2) is 10.3 Å². The van der Waals surface area contributed by atoms with E-state index < -0.39 is 5.97 Å². The Morgan fingerprint density at radius 2 is 1.88 bits per heavy atom. The van der Waals surface area contributed by atoms with Crippen molar-refractivity contribution >= 4 is 29.4 Å². The number of rotatable bonds is 5. The van der Waals surface area contributed by atoms with Crippen molar-refractivity contribution in [3.63, 3.8) is 0 Å². The largest absolute Gasteiger partial charge is 0.478 e. The molecule has 1 aliphatic rings. The maximum atomic E-state index is 10.5. The summed E-state index contributed by atoms with van der Waals surface area (Å²) in [4.78, 5) is 24.1. The van der Waals surface area contributed by atoms with Crippen LogP contribution in [-0.2, 0) is 4.79 Å². The first-order valence-electron chi connectivity index (χ1n) is 10.6. The van der Waals surface area contributed by atoms with Crippen LogP contribution in [0, 0.1) is 10.1 Å². The summed E-state index contributed by atoms with van der Waals surface area (Å²) in [6.45, 7) is 10.7. The second-order valence-electron chi connectivity index (χ2n) is 8.60. The lowest BCUT2D eigenvalue weighted by Gasteiger charge is -2.32. The van der Waals surface area contributed by atoms with Crippen LogP contribution in [0.4, 0.5) is 0 Å². The Morgan fingerprint density at radius 1 is 1.16 bits per heavy atom. The van der Waals surface area contributed by atoms with Gasteiger partial charge < -0.3 is 15.1 Å². The van der Waals surface area contributed by atoms with E-state index in [-0.39, 0.29) is 5.41 Å². The van der Waals surface area contributed by atoms with Gasteiger partial charge in [-0.15, -0.1) is 0 Å². The molecule has 0 aliphatic heterocycles. The summed E-state index contributed by atoms with van der Waals surface area (Å²) in [6, 6.07) is 0. The third-order valence-corrected chi connectivity index (χ3v) is 5.67. The number of carboxylic acid groups (broad SMARTS) is 1. The van der Waals surface area contributed by atoms with Gasteiger partial charge in [0, 0.05) is 6.08 Å². The summed E-state index contributed by atoms with van der Waals surface area (Å²) in [7, 11) is 0. The lowest BCUT2D eigenvalue weighted by Crippen LogP contribution is -2.19. The molecule has 0 saturated carbocycles. The van der Waals surface area contributed by atoms with Crippen LogP contribution in [0.5, 0.6) is 0 Å². The quantitative estimate of drug-likeness (QED) is 0.269. The highest BCUT2D eigenvalue weighted by Gasteiger charge is 2.26. The number of carbonyl (C=O) groups is 1. The molecule has 0 bridgehead atoms. The minimum absolute atomic E-state index is 0.260. The zero-order valence-electron chi connectivity index (χ0n) is 19.4. The van der Waals surface area contributed by atoms with E-state index in [9.17, 15) is 4.79 Å². The standard InChI is InChI=1S/C20H28O2.C5H4N4S/c1-15(8-6-9-16(2)14-19(21)22)11-12-18-17(3)10-7-13-20(18,4)5;10-5-3-4(7-1-6-3)8-2-9-5/h6,8-9,11-12,14H,7,10,13H2,1-5H3,(H,21,22);1-2H,(H2,6,7,8,9,10)/b9-6+,12-11+,15-8+,16-14-;. The average Bonchev–Trinajstić information content (AvgIpc) is 3.17. The number of carboxylic acids is 1. The van der Waals surface area contributed by atoms with E-state index >= 15 is 0 Å². The number of allylic oxidation sites excluding steroid dienone is 9. The molecule has 0 radical (unpaired) electrons. The van der Waals surface area contributed by atoms with E-state index in [1.165, 1.54) is 42.8 Å². The molecule has 0 atom stereocenters. The SMILES string of the molecule is CC1=C(/C=C/C(C)=C/C=C/C(C)=C\C(=O)O)C(C)(C)CCC1.S=c1nc[nH]c2nc[nH]c12. The molecular formula is C25H32N4O2S.